The maximum atomic E-state index is 12.0. The minimum absolute atomic E-state index is 0.171. The van der Waals surface area contributed by atoms with E-state index in [1.54, 1.807) is 36.4 Å². The monoisotopic (exact) mass is 364 g/mol. The molecule has 0 saturated heterocycles. The minimum atomic E-state index is -0.172. The van der Waals surface area contributed by atoms with Gasteiger partial charge in [0, 0.05) is 17.8 Å². The lowest BCUT2D eigenvalue weighted by atomic mass is 10.2. The number of nitrogens with one attached hydrogen (secondary N) is 2. The molecule has 0 spiro atoms. The van der Waals surface area contributed by atoms with E-state index in [4.69, 9.17) is 0 Å². The fourth-order valence-corrected chi connectivity index (χ4v) is 2.88. The van der Waals surface area contributed by atoms with Crippen LogP contribution >= 0.6 is 27.3 Å². The molecule has 0 saturated carbocycles. The Kier molecular flexibility index (Phi) is 5.30. The molecule has 1 heterocycles. The third-order valence-corrected chi connectivity index (χ3v) is 4.23. The van der Waals surface area contributed by atoms with Crippen LogP contribution in [0, 0.1) is 0 Å². The molecule has 6 heteroatoms. The number of benzene rings is 1. The van der Waals surface area contributed by atoms with Crippen LogP contribution in [0.4, 0.5) is 5.69 Å². The van der Waals surface area contributed by atoms with Crippen LogP contribution in [-0.4, -0.2) is 18.4 Å². The summed E-state index contributed by atoms with van der Waals surface area (Å²) in [6.45, 7) is 3.96. The summed E-state index contributed by atoms with van der Waals surface area (Å²) < 4.78 is 0.905. The maximum absolute atomic E-state index is 12.0. The fourth-order valence-electron chi connectivity index (χ4n) is 1.60. The molecule has 21 heavy (non-hydrogen) atoms. The van der Waals surface area contributed by atoms with Crippen LogP contribution in [0.15, 0.2) is 52.8 Å². The van der Waals surface area contributed by atoms with Gasteiger partial charge in [-0.15, -0.1) is 17.9 Å². The first-order valence-electron chi connectivity index (χ1n) is 6.16. The van der Waals surface area contributed by atoms with Gasteiger partial charge in [0.1, 0.15) is 0 Å². The molecule has 0 unspecified atom stereocenters. The third kappa shape index (κ3) is 4.27. The van der Waals surface area contributed by atoms with Crippen molar-refractivity contribution in [2.24, 2.45) is 0 Å². The predicted molar refractivity (Wildman–Crippen MR) is 88.9 cm³/mol. The Balaban J connectivity index is 2.00. The topological polar surface area (TPSA) is 58.2 Å². The number of thiophene rings is 1. The van der Waals surface area contributed by atoms with E-state index < -0.39 is 0 Å². The summed E-state index contributed by atoms with van der Waals surface area (Å²) in [4.78, 5) is 24.3. The molecule has 2 N–H and O–H groups in total. The lowest BCUT2D eigenvalue weighted by Gasteiger charge is -2.06. The Labute approximate surface area is 135 Å². The molecule has 2 rings (SSSR count). The SMILES string of the molecule is C=CCNC(=O)c1ccc(NC(=O)c2ccc(Br)s2)cc1. The number of hydrogen-bond acceptors (Lipinski definition) is 3. The molecule has 1 aromatic heterocycles. The van der Waals surface area contributed by atoms with E-state index in [1.807, 2.05) is 6.07 Å². The van der Waals surface area contributed by atoms with Crippen molar-refractivity contribution < 1.29 is 9.59 Å². The second kappa shape index (κ2) is 7.19. The van der Waals surface area contributed by atoms with Crippen LogP contribution in [0.2, 0.25) is 0 Å². The van der Waals surface area contributed by atoms with Crippen molar-refractivity contribution in [2.45, 2.75) is 0 Å². The highest BCUT2D eigenvalue weighted by Crippen LogP contribution is 2.23. The van der Waals surface area contributed by atoms with Crippen molar-refractivity contribution >= 4 is 44.8 Å². The van der Waals surface area contributed by atoms with E-state index in [0.717, 1.165) is 3.79 Å². The zero-order valence-electron chi connectivity index (χ0n) is 11.1. The van der Waals surface area contributed by atoms with E-state index in [1.165, 1.54) is 11.3 Å². The van der Waals surface area contributed by atoms with Gasteiger partial charge in [0.15, 0.2) is 0 Å². The van der Waals surface area contributed by atoms with Gasteiger partial charge in [-0.1, -0.05) is 6.08 Å². The molecule has 108 valence electrons. The normalized spacial score (nSPS) is 9.95. The van der Waals surface area contributed by atoms with Crippen LogP contribution in [0.3, 0.4) is 0 Å². The van der Waals surface area contributed by atoms with Crippen molar-refractivity contribution in [3.8, 4) is 0 Å². The van der Waals surface area contributed by atoms with Crippen LogP contribution in [0.25, 0.3) is 0 Å². The van der Waals surface area contributed by atoms with E-state index >= 15 is 0 Å². The molecular weight excluding hydrogens is 352 g/mol. The lowest BCUT2D eigenvalue weighted by molar-refractivity contribution is 0.0957. The van der Waals surface area contributed by atoms with Crippen LogP contribution in [0.1, 0.15) is 20.0 Å². The van der Waals surface area contributed by atoms with Crippen molar-refractivity contribution in [2.75, 3.05) is 11.9 Å². The average Bonchev–Trinajstić information content (AvgIpc) is 2.92. The van der Waals surface area contributed by atoms with Crippen LogP contribution in [0.5, 0.6) is 0 Å². The Morgan fingerprint density at radius 3 is 2.43 bits per heavy atom. The maximum Gasteiger partial charge on any atom is 0.265 e. The molecule has 0 aliphatic rings. The van der Waals surface area contributed by atoms with Gasteiger partial charge < -0.3 is 10.6 Å². The van der Waals surface area contributed by atoms with Gasteiger partial charge in [-0.05, 0) is 52.3 Å². The Hall–Kier alpha value is -1.92. The highest BCUT2D eigenvalue weighted by molar-refractivity contribution is 9.11. The molecule has 0 radical (unpaired) electrons. The summed E-state index contributed by atoms with van der Waals surface area (Å²) in [5.74, 6) is -0.343. The van der Waals surface area contributed by atoms with Gasteiger partial charge >= 0.3 is 0 Å². The molecule has 0 aliphatic heterocycles. The summed E-state index contributed by atoms with van der Waals surface area (Å²) in [6, 6.07) is 10.3. The minimum Gasteiger partial charge on any atom is -0.349 e. The zero-order chi connectivity index (χ0) is 15.2. The van der Waals surface area contributed by atoms with Crippen molar-refractivity contribution in [3.63, 3.8) is 0 Å². The number of halogens is 1. The van der Waals surface area contributed by atoms with Crippen LogP contribution < -0.4 is 10.6 Å². The first kappa shape index (κ1) is 15.5. The van der Waals surface area contributed by atoms with Gasteiger partial charge in [-0.25, -0.2) is 0 Å². The molecule has 4 nitrogen and oxygen atoms in total. The Bertz CT molecular complexity index is 665. The summed E-state index contributed by atoms with van der Waals surface area (Å²) in [7, 11) is 0. The van der Waals surface area contributed by atoms with Gasteiger partial charge in [-0.3, -0.25) is 9.59 Å². The number of hydrogen-bond donors (Lipinski definition) is 2. The first-order valence-corrected chi connectivity index (χ1v) is 7.77. The van der Waals surface area contributed by atoms with E-state index in [0.29, 0.717) is 22.7 Å². The molecule has 1 aromatic carbocycles. The van der Waals surface area contributed by atoms with Gasteiger partial charge in [0.2, 0.25) is 0 Å². The van der Waals surface area contributed by atoms with Crippen molar-refractivity contribution in [1.29, 1.82) is 0 Å². The molecular formula is C15H13BrN2O2S. The zero-order valence-corrected chi connectivity index (χ0v) is 13.5. The number of amides is 2. The van der Waals surface area contributed by atoms with Crippen LogP contribution in [-0.2, 0) is 0 Å². The van der Waals surface area contributed by atoms with Crippen molar-refractivity contribution in [3.05, 3.63) is 63.3 Å². The Morgan fingerprint density at radius 1 is 1.14 bits per heavy atom. The van der Waals surface area contributed by atoms with E-state index in [-0.39, 0.29) is 11.8 Å². The molecule has 0 aliphatic carbocycles. The van der Waals surface area contributed by atoms with E-state index in [9.17, 15) is 9.59 Å². The lowest BCUT2D eigenvalue weighted by Crippen LogP contribution is -2.23. The summed E-state index contributed by atoms with van der Waals surface area (Å²) in [5.41, 5.74) is 1.18. The number of rotatable bonds is 5. The molecule has 2 amide bonds. The third-order valence-electron chi connectivity index (χ3n) is 2.61. The second-order valence-electron chi connectivity index (χ2n) is 4.13. The Morgan fingerprint density at radius 2 is 1.86 bits per heavy atom. The summed E-state index contributed by atoms with van der Waals surface area (Å²) in [5, 5.41) is 5.47. The van der Waals surface area contributed by atoms with Crippen molar-refractivity contribution in [1.82, 2.24) is 5.32 Å². The second-order valence-corrected chi connectivity index (χ2v) is 6.60. The summed E-state index contributed by atoms with van der Waals surface area (Å²) in [6.07, 6.45) is 1.62. The summed E-state index contributed by atoms with van der Waals surface area (Å²) >= 11 is 4.68. The highest BCUT2D eigenvalue weighted by atomic mass is 79.9. The van der Waals surface area contributed by atoms with E-state index in [2.05, 4.69) is 33.1 Å². The largest absolute Gasteiger partial charge is 0.349 e. The first-order chi connectivity index (χ1) is 10.1. The smallest absolute Gasteiger partial charge is 0.265 e. The highest BCUT2D eigenvalue weighted by Gasteiger charge is 2.09. The predicted octanol–water partition coefficient (Wildman–Crippen LogP) is 3.68. The molecule has 2 aromatic rings. The molecule has 0 bridgehead atoms. The fraction of sp³-hybridized carbons (Fsp3) is 0.0667. The standard InChI is InChI=1S/C15H13BrN2O2S/c1-2-9-17-14(19)10-3-5-11(6-4-10)18-15(20)12-7-8-13(16)21-12/h2-8H,1,9H2,(H,17,19)(H,18,20). The van der Waals surface area contributed by atoms with Gasteiger partial charge in [-0.2, -0.15) is 0 Å². The van der Waals surface area contributed by atoms with Gasteiger partial charge in [0.25, 0.3) is 11.8 Å². The average molecular weight is 365 g/mol. The quantitative estimate of drug-likeness (QED) is 0.795. The van der Waals surface area contributed by atoms with Gasteiger partial charge in [0.05, 0.1) is 8.66 Å². The number of carbonyl (C=O) groups excluding carboxylic acids is 2. The number of carbonyl (C=O) groups is 2. The number of anilines is 1. The molecule has 0 atom stereocenters. The molecule has 0 fully saturated rings.